The van der Waals surface area contributed by atoms with Gasteiger partial charge < -0.3 is 4.74 Å². The van der Waals surface area contributed by atoms with E-state index < -0.39 is 23.3 Å². The molecule has 2 aliphatic rings. The second-order valence-corrected chi connectivity index (χ2v) is 10.3. The van der Waals surface area contributed by atoms with Crippen LogP contribution >= 0.6 is 0 Å². The molecule has 1 fully saturated rings. The predicted molar refractivity (Wildman–Crippen MR) is 133 cm³/mol. The molecular formula is C30H36F4O. The maximum atomic E-state index is 15.1. The summed E-state index contributed by atoms with van der Waals surface area (Å²) in [6.45, 7) is 4.65. The van der Waals surface area contributed by atoms with Crippen LogP contribution in [0.4, 0.5) is 17.6 Å². The summed E-state index contributed by atoms with van der Waals surface area (Å²) in [6, 6.07) is 5.48. The molecular weight excluding hydrogens is 452 g/mol. The zero-order valence-corrected chi connectivity index (χ0v) is 20.8. The van der Waals surface area contributed by atoms with E-state index in [0.717, 1.165) is 57.3 Å². The lowest BCUT2D eigenvalue weighted by molar-refractivity contribution is 0.175. The number of hydrogen-bond donors (Lipinski definition) is 0. The fraction of sp³-hybridized carbons (Fsp3) is 0.533. The molecule has 0 amide bonds. The van der Waals surface area contributed by atoms with E-state index in [-0.39, 0.29) is 22.8 Å². The average Bonchev–Trinajstić information content (AvgIpc) is 2.88. The lowest BCUT2D eigenvalue weighted by atomic mass is 9.81. The van der Waals surface area contributed by atoms with Crippen molar-refractivity contribution >= 4 is 0 Å². The number of allylic oxidation sites excluding steroid dienone is 2. The van der Waals surface area contributed by atoms with E-state index in [1.54, 1.807) is 0 Å². The van der Waals surface area contributed by atoms with Crippen molar-refractivity contribution < 1.29 is 22.3 Å². The van der Waals surface area contributed by atoms with Gasteiger partial charge in [0.1, 0.15) is 0 Å². The SMILES string of the molecule is CCCC1=CCC(c2ccc(-c3ccc(OCC4CCC(CC)CC4)c(F)c3F)c(F)c2F)CC1. The number of rotatable bonds is 8. The zero-order chi connectivity index (χ0) is 24.9. The first-order valence-electron chi connectivity index (χ1n) is 13.2. The van der Waals surface area contributed by atoms with E-state index in [2.05, 4.69) is 19.9 Å². The molecule has 0 radical (unpaired) electrons. The van der Waals surface area contributed by atoms with Gasteiger partial charge in [0.25, 0.3) is 0 Å². The Labute approximate surface area is 206 Å². The summed E-state index contributed by atoms with van der Waals surface area (Å²) in [5, 5.41) is 0. The third-order valence-corrected chi connectivity index (χ3v) is 7.98. The number of hydrogen-bond acceptors (Lipinski definition) is 1. The highest BCUT2D eigenvalue weighted by molar-refractivity contribution is 5.67. The fourth-order valence-corrected chi connectivity index (χ4v) is 5.67. The zero-order valence-electron chi connectivity index (χ0n) is 20.8. The Morgan fingerprint density at radius 1 is 0.771 bits per heavy atom. The van der Waals surface area contributed by atoms with Crippen molar-refractivity contribution in [1.29, 1.82) is 0 Å². The van der Waals surface area contributed by atoms with Gasteiger partial charge in [0, 0.05) is 11.1 Å². The number of ether oxygens (including phenoxy) is 1. The van der Waals surface area contributed by atoms with E-state index in [9.17, 15) is 8.78 Å². The highest BCUT2D eigenvalue weighted by atomic mass is 19.2. The van der Waals surface area contributed by atoms with Crippen LogP contribution in [-0.2, 0) is 0 Å². The van der Waals surface area contributed by atoms with Crippen LogP contribution in [0.3, 0.4) is 0 Å². The second-order valence-electron chi connectivity index (χ2n) is 10.3. The normalized spacial score (nSPS) is 22.7. The summed E-state index contributed by atoms with van der Waals surface area (Å²) >= 11 is 0. The molecule has 2 aliphatic carbocycles. The summed E-state index contributed by atoms with van der Waals surface area (Å²) in [7, 11) is 0. The molecule has 0 saturated heterocycles. The van der Waals surface area contributed by atoms with Crippen molar-refractivity contribution in [2.45, 2.75) is 84.0 Å². The fourth-order valence-electron chi connectivity index (χ4n) is 5.67. The van der Waals surface area contributed by atoms with Crippen LogP contribution in [0.25, 0.3) is 11.1 Å². The van der Waals surface area contributed by atoms with Crippen LogP contribution in [-0.4, -0.2) is 6.61 Å². The molecule has 1 saturated carbocycles. The van der Waals surface area contributed by atoms with Crippen LogP contribution in [0, 0.1) is 35.1 Å². The van der Waals surface area contributed by atoms with Crippen molar-refractivity contribution in [2.24, 2.45) is 11.8 Å². The first-order chi connectivity index (χ1) is 16.9. The average molecular weight is 489 g/mol. The Kier molecular flexibility index (Phi) is 8.56. The first kappa shape index (κ1) is 25.8. The summed E-state index contributed by atoms with van der Waals surface area (Å²) in [5.41, 5.74) is 1.10. The van der Waals surface area contributed by atoms with Gasteiger partial charge in [-0.2, -0.15) is 4.39 Å². The van der Waals surface area contributed by atoms with Gasteiger partial charge in [-0.1, -0.05) is 63.3 Å². The molecule has 2 aromatic carbocycles. The molecule has 190 valence electrons. The Balaban J connectivity index is 1.48. The maximum absolute atomic E-state index is 15.1. The molecule has 0 aliphatic heterocycles. The summed E-state index contributed by atoms with van der Waals surface area (Å²) in [6.07, 6.45) is 12.0. The second kappa shape index (κ2) is 11.6. The molecule has 35 heavy (non-hydrogen) atoms. The third kappa shape index (κ3) is 5.76. The summed E-state index contributed by atoms with van der Waals surface area (Å²) < 4.78 is 65.4. The van der Waals surface area contributed by atoms with E-state index in [1.165, 1.54) is 36.3 Å². The predicted octanol–water partition coefficient (Wildman–Crippen LogP) is 9.50. The molecule has 1 nitrogen and oxygen atoms in total. The lowest BCUT2D eigenvalue weighted by Crippen LogP contribution is -2.20. The molecule has 5 heteroatoms. The standard InChI is InChI=1S/C30H36F4O/c1-3-5-20-10-12-22(13-11-20)23-14-15-24(28(32)27(23)31)25-16-17-26(30(34)29(25)33)35-18-21-8-6-19(4-2)7-9-21/h10,14-17,19,21-22H,3-9,11-13,18H2,1-2H3. The quantitative estimate of drug-likeness (QED) is 0.266. The lowest BCUT2D eigenvalue weighted by Gasteiger charge is -2.27. The molecule has 0 spiro atoms. The molecule has 1 atom stereocenters. The molecule has 2 aromatic rings. The Bertz CT molecular complexity index is 1050. The monoisotopic (exact) mass is 488 g/mol. The third-order valence-electron chi connectivity index (χ3n) is 7.98. The van der Waals surface area contributed by atoms with Crippen molar-refractivity contribution in [3.63, 3.8) is 0 Å². The van der Waals surface area contributed by atoms with E-state index in [1.807, 2.05) is 0 Å². The van der Waals surface area contributed by atoms with Gasteiger partial charge >= 0.3 is 0 Å². The van der Waals surface area contributed by atoms with E-state index >= 15 is 8.78 Å². The molecule has 0 N–H and O–H groups in total. The van der Waals surface area contributed by atoms with Crippen LogP contribution in [0.1, 0.15) is 89.5 Å². The molecule has 0 aromatic heterocycles. The van der Waals surface area contributed by atoms with Crippen molar-refractivity contribution in [1.82, 2.24) is 0 Å². The van der Waals surface area contributed by atoms with Crippen LogP contribution in [0.15, 0.2) is 35.9 Å². The molecule has 0 heterocycles. The molecule has 4 rings (SSSR count). The van der Waals surface area contributed by atoms with Crippen molar-refractivity contribution in [2.75, 3.05) is 6.61 Å². The minimum atomic E-state index is -1.21. The first-order valence-corrected chi connectivity index (χ1v) is 13.2. The van der Waals surface area contributed by atoms with Gasteiger partial charge in [0.05, 0.1) is 6.61 Å². The Hall–Kier alpha value is -2.30. The topological polar surface area (TPSA) is 9.23 Å². The Morgan fingerprint density at radius 3 is 2.06 bits per heavy atom. The number of benzene rings is 2. The smallest absolute Gasteiger partial charge is 0.201 e. The highest BCUT2D eigenvalue weighted by Gasteiger charge is 2.26. The van der Waals surface area contributed by atoms with E-state index in [4.69, 9.17) is 4.74 Å². The van der Waals surface area contributed by atoms with Crippen LogP contribution in [0.5, 0.6) is 5.75 Å². The largest absolute Gasteiger partial charge is 0.490 e. The van der Waals surface area contributed by atoms with Gasteiger partial charge in [-0.25, -0.2) is 13.2 Å². The highest BCUT2D eigenvalue weighted by Crippen LogP contribution is 2.39. The summed E-state index contributed by atoms with van der Waals surface area (Å²) in [4.78, 5) is 0. The van der Waals surface area contributed by atoms with Crippen molar-refractivity contribution in [3.8, 4) is 16.9 Å². The Morgan fingerprint density at radius 2 is 1.43 bits per heavy atom. The van der Waals surface area contributed by atoms with Gasteiger partial charge in [0.2, 0.25) is 5.82 Å². The van der Waals surface area contributed by atoms with Gasteiger partial charge in [-0.3, -0.25) is 0 Å². The molecule has 0 bridgehead atoms. The van der Waals surface area contributed by atoms with Gasteiger partial charge in [-0.05, 0) is 74.0 Å². The van der Waals surface area contributed by atoms with Gasteiger partial charge in [0.15, 0.2) is 23.2 Å². The van der Waals surface area contributed by atoms with Gasteiger partial charge in [-0.15, -0.1) is 0 Å². The van der Waals surface area contributed by atoms with Crippen LogP contribution in [0.2, 0.25) is 0 Å². The maximum Gasteiger partial charge on any atom is 0.201 e. The van der Waals surface area contributed by atoms with Crippen LogP contribution < -0.4 is 4.74 Å². The molecule has 1 unspecified atom stereocenters. The minimum absolute atomic E-state index is 0.107. The van der Waals surface area contributed by atoms with Crippen molar-refractivity contribution in [3.05, 3.63) is 64.7 Å². The number of halogens is 4. The van der Waals surface area contributed by atoms with E-state index in [0.29, 0.717) is 24.5 Å². The summed E-state index contributed by atoms with van der Waals surface area (Å²) in [5.74, 6) is -3.70. The minimum Gasteiger partial charge on any atom is -0.490 e.